The number of nitrogens with zero attached hydrogens (tertiary/aromatic N) is 2. The van der Waals surface area contributed by atoms with E-state index < -0.39 is 5.97 Å². The van der Waals surface area contributed by atoms with Crippen molar-refractivity contribution in [3.05, 3.63) is 24.3 Å². The first kappa shape index (κ1) is 21.2. The van der Waals surface area contributed by atoms with Gasteiger partial charge in [-0.15, -0.1) is 11.8 Å². The Kier molecular flexibility index (Phi) is 8.55. The topological polar surface area (TPSA) is 121 Å². The van der Waals surface area contributed by atoms with E-state index in [1.54, 1.807) is 24.3 Å². The van der Waals surface area contributed by atoms with Crippen LogP contribution in [0.4, 0.5) is 10.8 Å². The van der Waals surface area contributed by atoms with Gasteiger partial charge in [-0.05, 0) is 30.0 Å². The van der Waals surface area contributed by atoms with Crippen LogP contribution in [0.5, 0.6) is 0 Å². The van der Waals surface area contributed by atoms with Crippen molar-refractivity contribution in [1.82, 2.24) is 9.36 Å². The normalized spacial score (nSPS) is 10.4. The van der Waals surface area contributed by atoms with Crippen molar-refractivity contribution in [2.45, 2.75) is 29.8 Å². The summed E-state index contributed by atoms with van der Waals surface area (Å²) in [6.07, 6.45) is -0.280. The maximum Gasteiger partial charge on any atom is 0.303 e. The Morgan fingerprint density at radius 3 is 2.48 bits per heavy atom. The zero-order chi connectivity index (χ0) is 19.6. The molecular formula is C16H18N4O4S3. The Labute approximate surface area is 168 Å². The molecule has 0 saturated heterocycles. The van der Waals surface area contributed by atoms with Crippen molar-refractivity contribution in [3.63, 3.8) is 0 Å². The minimum Gasteiger partial charge on any atom is -0.481 e. The summed E-state index contributed by atoms with van der Waals surface area (Å²) < 4.78 is 4.14. The summed E-state index contributed by atoms with van der Waals surface area (Å²) >= 11 is 4.02. The van der Waals surface area contributed by atoms with Crippen LogP contribution in [0, 0.1) is 0 Å². The quantitative estimate of drug-likeness (QED) is 0.495. The molecule has 2 rings (SSSR count). The highest BCUT2D eigenvalue weighted by Crippen LogP contribution is 2.22. The number of nitrogens with one attached hydrogen (secondary N) is 2. The molecule has 0 unspecified atom stereocenters. The number of thioether (sulfide) groups is 2. The van der Waals surface area contributed by atoms with Gasteiger partial charge in [0.05, 0.1) is 12.2 Å². The number of anilines is 2. The first-order chi connectivity index (χ1) is 13.0. The number of aromatic nitrogens is 2. The highest BCUT2D eigenvalue weighted by molar-refractivity contribution is 8.00. The van der Waals surface area contributed by atoms with E-state index in [0.29, 0.717) is 16.0 Å². The van der Waals surface area contributed by atoms with E-state index >= 15 is 0 Å². The molecule has 8 nitrogen and oxygen atoms in total. The number of carboxylic acid groups (broad SMARTS) is 1. The van der Waals surface area contributed by atoms with Gasteiger partial charge in [-0.3, -0.25) is 19.7 Å². The van der Waals surface area contributed by atoms with Crippen molar-refractivity contribution in [2.24, 2.45) is 0 Å². The van der Waals surface area contributed by atoms with Crippen molar-refractivity contribution >= 4 is 63.7 Å². The predicted molar refractivity (Wildman–Crippen MR) is 108 cm³/mol. The summed E-state index contributed by atoms with van der Waals surface area (Å²) in [5.74, 6) is -0.440. The van der Waals surface area contributed by atoms with Crippen LogP contribution in [0.2, 0.25) is 0 Å². The molecule has 0 aliphatic rings. The van der Waals surface area contributed by atoms with E-state index in [0.717, 1.165) is 22.2 Å². The minimum absolute atomic E-state index is 0.0733. The molecule has 2 amide bonds. The zero-order valence-corrected chi connectivity index (χ0v) is 16.9. The van der Waals surface area contributed by atoms with Gasteiger partial charge in [0.2, 0.25) is 22.1 Å². The fourth-order valence-corrected chi connectivity index (χ4v) is 3.82. The molecule has 0 saturated carbocycles. The molecule has 1 aromatic heterocycles. The van der Waals surface area contributed by atoms with Gasteiger partial charge < -0.3 is 10.4 Å². The number of hydrogen-bond donors (Lipinski definition) is 3. The molecule has 0 aliphatic carbocycles. The van der Waals surface area contributed by atoms with Gasteiger partial charge >= 0.3 is 5.97 Å². The van der Waals surface area contributed by atoms with Crippen LogP contribution in [-0.2, 0) is 14.4 Å². The van der Waals surface area contributed by atoms with Crippen LogP contribution in [0.25, 0.3) is 0 Å². The van der Waals surface area contributed by atoms with Crippen molar-refractivity contribution < 1.29 is 19.5 Å². The van der Waals surface area contributed by atoms with Gasteiger partial charge in [0.1, 0.15) is 0 Å². The number of amides is 2. The lowest BCUT2D eigenvalue weighted by molar-refractivity contribution is -0.138. The number of benzene rings is 1. The minimum atomic E-state index is -1.01. The number of carboxylic acids is 1. The second-order valence-corrected chi connectivity index (χ2v) is 8.15. The lowest BCUT2D eigenvalue weighted by Gasteiger charge is -2.06. The molecule has 1 aromatic carbocycles. The molecule has 2 aromatic rings. The van der Waals surface area contributed by atoms with E-state index in [4.69, 9.17) is 5.11 Å². The van der Waals surface area contributed by atoms with Crippen LogP contribution in [0.1, 0.15) is 19.8 Å². The average molecular weight is 427 g/mol. The average Bonchev–Trinajstić information content (AvgIpc) is 3.06. The number of carbonyl (C=O) groups excluding carboxylic acids is 2. The monoisotopic (exact) mass is 426 g/mol. The Bertz CT molecular complexity index is 795. The van der Waals surface area contributed by atoms with Crippen molar-refractivity contribution in [1.29, 1.82) is 0 Å². The maximum atomic E-state index is 12.0. The highest BCUT2D eigenvalue weighted by Gasteiger charge is 2.09. The Hall–Kier alpha value is -2.11. The smallest absolute Gasteiger partial charge is 0.303 e. The van der Waals surface area contributed by atoms with E-state index in [1.807, 2.05) is 6.92 Å². The van der Waals surface area contributed by atoms with E-state index in [9.17, 15) is 14.4 Å². The number of hydrogen-bond acceptors (Lipinski definition) is 8. The molecule has 0 radical (unpaired) electrons. The lowest BCUT2D eigenvalue weighted by atomic mass is 10.2. The summed E-state index contributed by atoms with van der Waals surface area (Å²) in [5.41, 5.74) is 0.578. The maximum absolute atomic E-state index is 12.0. The number of aliphatic carboxylic acids is 1. The molecular weight excluding hydrogens is 408 g/mol. The third-order valence-corrected chi connectivity index (χ3v) is 5.49. The van der Waals surface area contributed by atoms with Gasteiger partial charge in [0.15, 0.2) is 0 Å². The lowest BCUT2D eigenvalue weighted by Crippen LogP contribution is -2.14. The molecule has 0 bridgehead atoms. The SMILES string of the molecule is CCSc1nsc(NC(=O)CSc2ccc(NC(=O)CCC(=O)O)cc2)n1. The van der Waals surface area contributed by atoms with Crippen molar-refractivity contribution in [3.8, 4) is 0 Å². The summed E-state index contributed by atoms with van der Waals surface area (Å²) in [4.78, 5) is 39.1. The van der Waals surface area contributed by atoms with Crippen molar-refractivity contribution in [2.75, 3.05) is 22.1 Å². The van der Waals surface area contributed by atoms with Crippen LogP contribution >= 0.6 is 35.1 Å². The summed E-state index contributed by atoms with van der Waals surface area (Å²) in [6, 6.07) is 6.98. The third-order valence-electron chi connectivity index (χ3n) is 3.00. The highest BCUT2D eigenvalue weighted by atomic mass is 32.2. The summed E-state index contributed by atoms with van der Waals surface area (Å²) in [7, 11) is 0. The standard InChI is InChI=1S/C16H18N4O4S3/c1-2-25-16-19-15(27-20-16)18-13(22)9-26-11-5-3-10(4-6-11)17-12(21)7-8-14(23)24/h3-6H,2,7-9H2,1H3,(H,17,21)(H,23,24)(H,18,19,20,22). The van der Waals surface area contributed by atoms with E-state index in [2.05, 4.69) is 20.0 Å². The predicted octanol–water partition coefficient (Wildman–Crippen LogP) is 3.18. The summed E-state index contributed by atoms with van der Waals surface area (Å²) in [6.45, 7) is 2.01. The van der Waals surface area contributed by atoms with Crippen LogP contribution in [0.15, 0.2) is 34.3 Å². The Balaban J connectivity index is 1.76. The third kappa shape index (κ3) is 7.97. The second-order valence-electron chi connectivity index (χ2n) is 5.12. The fraction of sp³-hybridized carbons (Fsp3) is 0.312. The van der Waals surface area contributed by atoms with Crippen LogP contribution < -0.4 is 10.6 Å². The molecule has 0 fully saturated rings. The van der Waals surface area contributed by atoms with E-state index in [1.165, 1.54) is 23.5 Å². The zero-order valence-electron chi connectivity index (χ0n) is 14.4. The Morgan fingerprint density at radius 2 is 1.81 bits per heavy atom. The molecule has 144 valence electrons. The number of rotatable bonds is 10. The van der Waals surface area contributed by atoms with Gasteiger partial charge in [-0.1, -0.05) is 18.7 Å². The molecule has 3 N–H and O–H groups in total. The first-order valence-corrected chi connectivity index (χ1v) is 10.7. The fourth-order valence-electron chi connectivity index (χ4n) is 1.83. The molecule has 0 aliphatic heterocycles. The molecule has 27 heavy (non-hydrogen) atoms. The molecule has 1 heterocycles. The number of carbonyl (C=O) groups is 3. The summed E-state index contributed by atoms with van der Waals surface area (Å²) in [5, 5.41) is 15.1. The van der Waals surface area contributed by atoms with Crippen LogP contribution in [0.3, 0.4) is 0 Å². The molecule has 0 atom stereocenters. The largest absolute Gasteiger partial charge is 0.481 e. The first-order valence-electron chi connectivity index (χ1n) is 7.97. The Morgan fingerprint density at radius 1 is 1.07 bits per heavy atom. The van der Waals surface area contributed by atoms with Gasteiger partial charge in [-0.25, -0.2) is 0 Å². The van der Waals surface area contributed by atoms with Gasteiger partial charge in [-0.2, -0.15) is 9.36 Å². The van der Waals surface area contributed by atoms with Gasteiger partial charge in [0, 0.05) is 28.5 Å². The second kappa shape index (κ2) is 10.9. The molecule has 0 spiro atoms. The van der Waals surface area contributed by atoms with E-state index in [-0.39, 0.29) is 30.4 Å². The van der Waals surface area contributed by atoms with Gasteiger partial charge in [0.25, 0.3) is 0 Å². The van der Waals surface area contributed by atoms with Crippen LogP contribution in [-0.4, -0.2) is 43.8 Å². The molecule has 11 heteroatoms.